The quantitative estimate of drug-likeness (QED) is 0.182. The van der Waals surface area contributed by atoms with Crippen LogP contribution in [-0.2, 0) is 0 Å². The van der Waals surface area contributed by atoms with Crippen LogP contribution in [0.15, 0.2) is 164 Å². The molecule has 1 aromatic heterocycles. The van der Waals surface area contributed by atoms with E-state index in [-0.39, 0.29) is 0 Å². The maximum atomic E-state index is 4.86. The van der Waals surface area contributed by atoms with E-state index in [1.54, 1.807) is 0 Å². The van der Waals surface area contributed by atoms with Crippen LogP contribution < -0.4 is 0 Å². The Balaban J connectivity index is 0.000000143. The van der Waals surface area contributed by atoms with E-state index < -0.39 is 0 Å². The molecule has 0 aliphatic carbocycles. The smallest absolute Gasteiger partial charge is 0.160 e. The van der Waals surface area contributed by atoms with Crippen molar-refractivity contribution < 1.29 is 0 Å². The molecule has 2 heteroatoms. The Labute approximate surface area is 287 Å². The first-order chi connectivity index (χ1) is 24.1. The molecule has 0 N–H and O–H groups in total. The molecule has 2 nitrogen and oxygen atoms in total. The summed E-state index contributed by atoms with van der Waals surface area (Å²) >= 11 is 0. The Morgan fingerprint density at radius 2 is 1.04 bits per heavy atom. The second kappa shape index (κ2) is 12.8. The Kier molecular flexibility index (Phi) is 7.91. The van der Waals surface area contributed by atoms with Crippen molar-refractivity contribution in [3.63, 3.8) is 0 Å². The summed E-state index contributed by atoms with van der Waals surface area (Å²) in [6, 6.07) is 57.6. The van der Waals surface area contributed by atoms with Gasteiger partial charge in [0.2, 0.25) is 0 Å². The number of aromatic nitrogens is 2. The van der Waals surface area contributed by atoms with Gasteiger partial charge in [-0.3, -0.25) is 0 Å². The molecule has 9 rings (SSSR count). The van der Waals surface area contributed by atoms with Gasteiger partial charge in [0.05, 0.1) is 11.2 Å². The summed E-state index contributed by atoms with van der Waals surface area (Å²) in [5.41, 5.74) is 10.7. The number of hydrogen-bond acceptors (Lipinski definition) is 2. The van der Waals surface area contributed by atoms with Crippen LogP contribution in [0.5, 0.6) is 0 Å². The van der Waals surface area contributed by atoms with Crippen LogP contribution >= 0.6 is 0 Å². The number of aryl methyl sites for hydroxylation is 3. The second-order valence-electron chi connectivity index (χ2n) is 12.7. The zero-order valence-electron chi connectivity index (χ0n) is 28.0. The van der Waals surface area contributed by atoms with Crippen LogP contribution in [0.2, 0.25) is 0 Å². The van der Waals surface area contributed by atoms with Crippen LogP contribution in [0.3, 0.4) is 0 Å². The fourth-order valence-corrected chi connectivity index (χ4v) is 7.06. The lowest BCUT2D eigenvalue weighted by molar-refractivity contribution is 1.23. The van der Waals surface area contributed by atoms with Crippen molar-refractivity contribution in [1.82, 2.24) is 9.97 Å². The topological polar surface area (TPSA) is 25.8 Å². The molecule has 0 atom stereocenters. The Morgan fingerprint density at radius 1 is 0.408 bits per heavy atom. The summed E-state index contributed by atoms with van der Waals surface area (Å²) in [5.74, 6) is 0.766. The van der Waals surface area contributed by atoms with E-state index >= 15 is 0 Å². The lowest BCUT2D eigenvalue weighted by Gasteiger charge is -2.18. The summed E-state index contributed by atoms with van der Waals surface area (Å²) in [5, 5.41) is 9.09. The third-order valence-electron chi connectivity index (χ3n) is 9.55. The lowest BCUT2D eigenvalue weighted by atomic mass is 9.85. The van der Waals surface area contributed by atoms with E-state index in [9.17, 15) is 0 Å². The minimum absolute atomic E-state index is 0.766. The van der Waals surface area contributed by atoms with Crippen molar-refractivity contribution in [3.05, 3.63) is 180 Å². The van der Waals surface area contributed by atoms with Crippen LogP contribution in [0, 0.1) is 20.8 Å². The van der Waals surface area contributed by atoms with Gasteiger partial charge in [0, 0.05) is 16.5 Å². The zero-order chi connectivity index (χ0) is 33.3. The number of nitrogens with zero attached hydrogens (tertiary/aromatic N) is 2. The third-order valence-corrected chi connectivity index (χ3v) is 9.55. The fraction of sp³-hybridized carbons (Fsp3) is 0.0638. The summed E-state index contributed by atoms with van der Waals surface area (Å²) in [7, 11) is 0. The zero-order valence-corrected chi connectivity index (χ0v) is 28.0. The summed E-state index contributed by atoms with van der Waals surface area (Å²) in [4.78, 5) is 9.61. The van der Waals surface area contributed by atoms with E-state index in [1.807, 2.05) is 36.4 Å². The number of hydrogen-bond donors (Lipinski definition) is 0. The summed E-state index contributed by atoms with van der Waals surface area (Å²) in [6.07, 6.45) is 0. The van der Waals surface area contributed by atoms with Gasteiger partial charge in [-0.05, 0) is 81.4 Å². The lowest BCUT2D eigenvalue weighted by Crippen LogP contribution is -1.95. The highest BCUT2D eigenvalue weighted by molar-refractivity contribution is 6.25. The molecule has 0 saturated carbocycles. The molecule has 0 aliphatic heterocycles. The largest absolute Gasteiger partial charge is 0.228 e. The predicted molar refractivity (Wildman–Crippen MR) is 209 cm³/mol. The molecule has 234 valence electrons. The Morgan fingerprint density at radius 3 is 1.82 bits per heavy atom. The van der Waals surface area contributed by atoms with Gasteiger partial charge in [0.15, 0.2) is 5.82 Å². The minimum atomic E-state index is 0.766. The molecule has 49 heavy (non-hydrogen) atoms. The van der Waals surface area contributed by atoms with Gasteiger partial charge < -0.3 is 0 Å². The molecule has 0 unspecified atom stereocenters. The molecule has 0 radical (unpaired) electrons. The van der Waals surface area contributed by atoms with Gasteiger partial charge in [-0.25, -0.2) is 9.97 Å². The van der Waals surface area contributed by atoms with Crippen molar-refractivity contribution >= 4 is 43.2 Å². The van der Waals surface area contributed by atoms with E-state index in [1.165, 1.54) is 60.1 Å². The first kappa shape index (κ1) is 30.2. The predicted octanol–water partition coefficient (Wildman–Crippen LogP) is 12.7. The molecule has 0 aliphatic rings. The van der Waals surface area contributed by atoms with Gasteiger partial charge in [-0.15, -0.1) is 0 Å². The maximum absolute atomic E-state index is 4.86. The van der Waals surface area contributed by atoms with Crippen molar-refractivity contribution in [3.8, 4) is 33.8 Å². The number of benzene rings is 8. The van der Waals surface area contributed by atoms with Crippen LogP contribution in [0.25, 0.3) is 77.0 Å². The van der Waals surface area contributed by atoms with Crippen molar-refractivity contribution in [1.29, 1.82) is 0 Å². The molecule has 1 heterocycles. The molecule has 0 amide bonds. The number of rotatable bonds is 3. The minimum Gasteiger partial charge on any atom is -0.228 e. The van der Waals surface area contributed by atoms with E-state index in [0.717, 1.165) is 33.5 Å². The average Bonchev–Trinajstić information content (AvgIpc) is 3.16. The Bertz CT molecular complexity index is 2620. The van der Waals surface area contributed by atoms with Gasteiger partial charge in [-0.2, -0.15) is 0 Å². The standard InChI is InChI=1S/C26H20.C21H16N2/c1-17-9-3-5-11-20(17)25-18(2)21-12-7-8-14-23(21)26-22-13-6-4-10-19(22)15-16-24(25)26;1-15-11-13-17(14-12-15)21-22-19-10-6-5-9-18(19)20(23-21)16-7-3-2-4-8-16/h3-16H,1-2H3;2-14H,1H3. The first-order valence-electron chi connectivity index (χ1n) is 16.8. The van der Waals surface area contributed by atoms with Crippen LogP contribution in [0.4, 0.5) is 0 Å². The van der Waals surface area contributed by atoms with Crippen molar-refractivity contribution in [2.75, 3.05) is 0 Å². The second-order valence-corrected chi connectivity index (χ2v) is 12.7. The highest BCUT2D eigenvalue weighted by Gasteiger charge is 2.16. The maximum Gasteiger partial charge on any atom is 0.160 e. The molecule has 9 aromatic rings. The highest BCUT2D eigenvalue weighted by Crippen LogP contribution is 2.42. The molecule has 0 bridgehead atoms. The average molecular weight is 629 g/mol. The Hall–Kier alpha value is -6.12. The van der Waals surface area contributed by atoms with Crippen molar-refractivity contribution in [2.45, 2.75) is 20.8 Å². The van der Waals surface area contributed by atoms with Crippen LogP contribution in [-0.4, -0.2) is 9.97 Å². The van der Waals surface area contributed by atoms with E-state index in [0.29, 0.717) is 0 Å². The number of para-hydroxylation sites is 1. The fourth-order valence-electron chi connectivity index (χ4n) is 7.06. The third kappa shape index (κ3) is 5.62. The molecular formula is C47H36N2. The van der Waals surface area contributed by atoms with Crippen molar-refractivity contribution in [2.24, 2.45) is 0 Å². The summed E-state index contributed by atoms with van der Waals surface area (Å²) < 4.78 is 0. The highest BCUT2D eigenvalue weighted by atomic mass is 14.9. The number of fused-ring (bicyclic) bond motifs is 6. The molecule has 8 aromatic carbocycles. The van der Waals surface area contributed by atoms with Gasteiger partial charge in [0.25, 0.3) is 0 Å². The molecule has 0 saturated heterocycles. The molecule has 0 fully saturated rings. The van der Waals surface area contributed by atoms with Gasteiger partial charge >= 0.3 is 0 Å². The summed E-state index contributed by atoms with van der Waals surface area (Å²) in [6.45, 7) is 6.55. The SMILES string of the molecule is Cc1ccc(-c2nc(-c3ccccc3)c3ccccc3n2)cc1.Cc1ccccc1-c1c(C)c2ccccc2c2c1ccc1ccccc12. The van der Waals surface area contributed by atoms with Gasteiger partial charge in [-0.1, -0.05) is 163 Å². The monoisotopic (exact) mass is 628 g/mol. The molecular weight excluding hydrogens is 593 g/mol. The van der Waals surface area contributed by atoms with Crippen LogP contribution in [0.1, 0.15) is 16.7 Å². The normalized spacial score (nSPS) is 11.2. The molecule has 0 spiro atoms. The van der Waals surface area contributed by atoms with E-state index in [2.05, 4.69) is 148 Å². The van der Waals surface area contributed by atoms with E-state index in [4.69, 9.17) is 9.97 Å². The first-order valence-corrected chi connectivity index (χ1v) is 16.8. The van der Waals surface area contributed by atoms with Gasteiger partial charge in [0.1, 0.15) is 0 Å².